The highest BCUT2D eigenvalue weighted by Crippen LogP contribution is 2.29. The standard InChI is InChI=1S/C16H26OSi/c1-14(2)18(3,16-12-8-5-9-13-16)17-15-10-6-4-7-11-15/h5,8-9,12-15H,4,6-7,10-11H2,1-3H3. The Bertz CT molecular complexity index is 357. The van der Waals surface area contributed by atoms with E-state index in [4.69, 9.17) is 4.43 Å². The van der Waals surface area contributed by atoms with Crippen LogP contribution in [0.1, 0.15) is 46.0 Å². The number of rotatable bonds is 4. The van der Waals surface area contributed by atoms with Crippen molar-refractivity contribution >= 4 is 13.5 Å². The van der Waals surface area contributed by atoms with Crippen LogP contribution < -0.4 is 5.19 Å². The Hall–Kier alpha value is -0.603. The Morgan fingerprint density at radius 3 is 2.22 bits per heavy atom. The SMILES string of the molecule is CC(C)[Si](C)(OC1CCCCC1)c1ccccc1. The lowest BCUT2D eigenvalue weighted by Crippen LogP contribution is -2.52. The normalized spacial score (nSPS) is 20.9. The van der Waals surface area contributed by atoms with E-state index in [1.54, 1.807) is 0 Å². The van der Waals surface area contributed by atoms with Gasteiger partial charge in [0, 0.05) is 6.10 Å². The van der Waals surface area contributed by atoms with Gasteiger partial charge in [-0.25, -0.2) is 0 Å². The first-order chi connectivity index (χ1) is 8.63. The van der Waals surface area contributed by atoms with E-state index in [1.165, 1.54) is 37.3 Å². The minimum atomic E-state index is -1.79. The zero-order valence-corrected chi connectivity index (χ0v) is 13.0. The second-order valence-corrected chi connectivity index (χ2v) is 10.2. The Kier molecular flexibility index (Phi) is 4.63. The van der Waals surface area contributed by atoms with Crippen molar-refractivity contribution in [3.63, 3.8) is 0 Å². The molecular formula is C16H26OSi. The molecule has 0 spiro atoms. The van der Waals surface area contributed by atoms with E-state index in [1.807, 2.05) is 0 Å². The van der Waals surface area contributed by atoms with Crippen LogP contribution in [0.4, 0.5) is 0 Å². The van der Waals surface area contributed by atoms with Crippen LogP contribution in [0.25, 0.3) is 0 Å². The summed E-state index contributed by atoms with van der Waals surface area (Å²) in [7, 11) is -1.79. The largest absolute Gasteiger partial charge is 0.410 e. The Labute approximate surface area is 113 Å². The van der Waals surface area contributed by atoms with E-state index >= 15 is 0 Å². The molecule has 1 saturated carbocycles. The molecule has 1 unspecified atom stereocenters. The van der Waals surface area contributed by atoms with Gasteiger partial charge in [-0.3, -0.25) is 0 Å². The molecule has 18 heavy (non-hydrogen) atoms. The molecule has 1 atom stereocenters. The van der Waals surface area contributed by atoms with Crippen LogP contribution >= 0.6 is 0 Å². The topological polar surface area (TPSA) is 9.23 Å². The second-order valence-electron chi connectivity index (χ2n) is 6.01. The Morgan fingerprint density at radius 2 is 1.67 bits per heavy atom. The first-order valence-electron chi connectivity index (χ1n) is 7.36. The monoisotopic (exact) mass is 262 g/mol. The van der Waals surface area contributed by atoms with Gasteiger partial charge in [-0.1, -0.05) is 63.4 Å². The highest BCUT2D eigenvalue weighted by molar-refractivity contribution is 6.86. The van der Waals surface area contributed by atoms with E-state index in [0.717, 1.165) is 0 Å². The third kappa shape index (κ3) is 3.04. The molecule has 0 saturated heterocycles. The molecule has 0 radical (unpaired) electrons. The van der Waals surface area contributed by atoms with Gasteiger partial charge in [0.15, 0.2) is 0 Å². The van der Waals surface area contributed by atoms with Crippen molar-refractivity contribution in [2.75, 3.05) is 0 Å². The van der Waals surface area contributed by atoms with Crippen LogP contribution in [0.2, 0.25) is 12.1 Å². The van der Waals surface area contributed by atoms with Gasteiger partial charge in [-0.15, -0.1) is 0 Å². The first kappa shape index (κ1) is 13.8. The molecule has 1 aromatic rings. The molecule has 0 aromatic heterocycles. The third-order valence-corrected chi connectivity index (χ3v) is 8.92. The summed E-state index contributed by atoms with van der Waals surface area (Å²) in [6, 6.07) is 10.9. The average Bonchev–Trinajstić information content (AvgIpc) is 2.40. The minimum Gasteiger partial charge on any atom is -0.410 e. The van der Waals surface area contributed by atoms with Gasteiger partial charge in [0.05, 0.1) is 0 Å². The molecular weight excluding hydrogens is 236 g/mol. The van der Waals surface area contributed by atoms with Gasteiger partial charge in [0.2, 0.25) is 8.32 Å². The van der Waals surface area contributed by atoms with Gasteiger partial charge in [-0.05, 0) is 30.1 Å². The molecule has 0 heterocycles. The van der Waals surface area contributed by atoms with Gasteiger partial charge in [0.25, 0.3) is 0 Å². The third-order valence-electron chi connectivity index (χ3n) is 4.41. The van der Waals surface area contributed by atoms with Crippen molar-refractivity contribution in [2.45, 2.75) is 64.1 Å². The molecule has 0 bridgehead atoms. The maximum atomic E-state index is 6.67. The summed E-state index contributed by atoms with van der Waals surface area (Å²) in [5.41, 5.74) is 0.627. The number of hydrogen-bond donors (Lipinski definition) is 0. The summed E-state index contributed by atoms with van der Waals surface area (Å²) < 4.78 is 6.67. The molecule has 0 N–H and O–H groups in total. The zero-order valence-electron chi connectivity index (χ0n) is 12.0. The fourth-order valence-corrected chi connectivity index (χ4v) is 5.69. The van der Waals surface area contributed by atoms with Gasteiger partial charge >= 0.3 is 0 Å². The second kappa shape index (κ2) is 6.03. The maximum absolute atomic E-state index is 6.67. The molecule has 100 valence electrons. The van der Waals surface area contributed by atoms with Crippen LogP contribution in [0.5, 0.6) is 0 Å². The molecule has 1 fully saturated rings. The lowest BCUT2D eigenvalue weighted by atomic mass is 9.98. The fraction of sp³-hybridized carbons (Fsp3) is 0.625. The number of hydrogen-bond acceptors (Lipinski definition) is 1. The van der Waals surface area contributed by atoms with Crippen LogP contribution in [0.15, 0.2) is 30.3 Å². The first-order valence-corrected chi connectivity index (χ1v) is 9.85. The van der Waals surface area contributed by atoms with Crippen molar-refractivity contribution in [1.29, 1.82) is 0 Å². The van der Waals surface area contributed by atoms with Crippen molar-refractivity contribution < 1.29 is 4.43 Å². The summed E-state index contributed by atoms with van der Waals surface area (Å²) in [6.07, 6.45) is 7.14. The summed E-state index contributed by atoms with van der Waals surface area (Å²) in [5, 5.41) is 1.45. The van der Waals surface area contributed by atoms with Crippen LogP contribution in [0, 0.1) is 0 Å². The molecule has 1 aromatic carbocycles. The predicted molar refractivity (Wildman–Crippen MR) is 80.8 cm³/mol. The lowest BCUT2D eigenvalue weighted by Gasteiger charge is -2.37. The average molecular weight is 262 g/mol. The summed E-state index contributed by atoms with van der Waals surface area (Å²) >= 11 is 0. The minimum absolute atomic E-state index is 0.512. The highest BCUT2D eigenvalue weighted by atomic mass is 28.4. The lowest BCUT2D eigenvalue weighted by molar-refractivity contribution is 0.145. The van der Waals surface area contributed by atoms with Crippen LogP contribution in [-0.2, 0) is 4.43 Å². The summed E-state index contributed by atoms with van der Waals surface area (Å²) in [6.45, 7) is 7.03. The van der Waals surface area contributed by atoms with E-state index in [0.29, 0.717) is 11.6 Å². The quantitative estimate of drug-likeness (QED) is 0.738. The Balaban J connectivity index is 2.16. The van der Waals surface area contributed by atoms with Crippen LogP contribution in [0.3, 0.4) is 0 Å². The molecule has 0 aliphatic heterocycles. The van der Waals surface area contributed by atoms with E-state index in [-0.39, 0.29) is 0 Å². The molecule has 0 amide bonds. The molecule has 1 aliphatic carbocycles. The molecule has 2 heteroatoms. The molecule has 2 rings (SSSR count). The Morgan fingerprint density at radius 1 is 1.06 bits per heavy atom. The molecule has 1 nitrogen and oxygen atoms in total. The van der Waals surface area contributed by atoms with Gasteiger partial charge in [-0.2, -0.15) is 0 Å². The van der Waals surface area contributed by atoms with E-state index in [9.17, 15) is 0 Å². The van der Waals surface area contributed by atoms with Gasteiger partial charge < -0.3 is 4.43 Å². The fourth-order valence-electron chi connectivity index (χ4n) is 2.84. The highest BCUT2D eigenvalue weighted by Gasteiger charge is 2.37. The van der Waals surface area contributed by atoms with E-state index in [2.05, 4.69) is 50.7 Å². The van der Waals surface area contributed by atoms with Crippen molar-refractivity contribution in [1.82, 2.24) is 0 Å². The van der Waals surface area contributed by atoms with Crippen molar-refractivity contribution in [3.8, 4) is 0 Å². The smallest absolute Gasteiger partial charge is 0.224 e. The maximum Gasteiger partial charge on any atom is 0.224 e. The van der Waals surface area contributed by atoms with Crippen molar-refractivity contribution in [2.24, 2.45) is 0 Å². The number of benzene rings is 1. The summed E-state index contributed by atoms with van der Waals surface area (Å²) in [5.74, 6) is 0. The predicted octanol–water partition coefficient (Wildman–Crippen LogP) is 4.23. The van der Waals surface area contributed by atoms with Crippen molar-refractivity contribution in [3.05, 3.63) is 30.3 Å². The van der Waals surface area contributed by atoms with E-state index < -0.39 is 8.32 Å². The molecule has 1 aliphatic rings. The summed E-state index contributed by atoms with van der Waals surface area (Å²) in [4.78, 5) is 0. The van der Waals surface area contributed by atoms with Gasteiger partial charge in [0.1, 0.15) is 0 Å². The van der Waals surface area contributed by atoms with Crippen LogP contribution in [-0.4, -0.2) is 14.4 Å². The zero-order chi connectivity index (χ0) is 13.0.